The van der Waals surface area contributed by atoms with Crippen LogP contribution < -0.4 is 5.32 Å². The van der Waals surface area contributed by atoms with Gasteiger partial charge in [-0.05, 0) is 18.2 Å². The van der Waals surface area contributed by atoms with E-state index in [-0.39, 0.29) is 0 Å². The van der Waals surface area contributed by atoms with Crippen molar-refractivity contribution in [2.45, 2.75) is 0 Å². The molecule has 5 amide bonds. The number of benzene rings is 1. The fraction of sp³-hybridized carbons (Fsp3) is 0.167. The van der Waals surface area contributed by atoms with Crippen LogP contribution in [0.3, 0.4) is 0 Å². The van der Waals surface area contributed by atoms with E-state index < -0.39 is 30.3 Å². The van der Waals surface area contributed by atoms with Gasteiger partial charge in [0.05, 0.1) is 0 Å². The Morgan fingerprint density at radius 3 is 2.14 bits per heavy atom. The van der Waals surface area contributed by atoms with E-state index in [1.54, 1.807) is 0 Å². The number of rotatable bonds is 3. The molecule has 0 bridgehead atoms. The van der Waals surface area contributed by atoms with Crippen molar-refractivity contribution in [3.8, 4) is 0 Å². The summed E-state index contributed by atoms with van der Waals surface area (Å²) in [5.41, 5.74) is 0.316. The van der Waals surface area contributed by atoms with Crippen molar-refractivity contribution in [2.75, 3.05) is 18.9 Å². The first-order valence-corrected chi connectivity index (χ1v) is 6.44. The van der Waals surface area contributed by atoms with Gasteiger partial charge in [-0.3, -0.25) is 19.3 Å². The zero-order valence-corrected chi connectivity index (χ0v) is 12.2. The molecule has 0 spiro atoms. The Morgan fingerprint density at radius 1 is 1.10 bits per heavy atom. The van der Waals surface area contributed by atoms with Crippen molar-refractivity contribution < 1.29 is 19.2 Å². The maximum Gasteiger partial charge on any atom is 0.334 e. The first-order valence-electron chi connectivity index (χ1n) is 5.69. The zero-order valence-electron chi connectivity index (χ0n) is 10.7. The minimum Gasteiger partial charge on any atom is -0.324 e. The van der Waals surface area contributed by atoms with Gasteiger partial charge in [0.1, 0.15) is 6.54 Å². The third kappa shape index (κ3) is 3.14. The van der Waals surface area contributed by atoms with Gasteiger partial charge in [-0.15, -0.1) is 0 Å². The molecule has 9 heteroatoms. The molecule has 1 saturated heterocycles. The van der Waals surface area contributed by atoms with Gasteiger partial charge in [0, 0.05) is 22.8 Å². The third-order valence-corrected chi connectivity index (χ3v) is 3.14. The molecule has 0 unspecified atom stereocenters. The Balaban J connectivity index is 2.07. The number of amides is 5. The topological polar surface area (TPSA) is 86.8 Å². The number of hydrogen-bond acceptors (Lipinski definition) is 4. The SMILES string of the molecule is CN1C(=O)C(=O)N(CC(=O)Nc2cc(Cl)cc(Cl)c2)C1=O. The van der Waals surface area contributed by atoms with Crippen LogP contribution in [0.4, 0.5) is 10.5 Å². The van der Waals surface area contributed by atoms with Gasteiger partial charge in [0.25, 0.3) is 0 Å². The predicted molar refractivity (Wildman–Crippen MR) is 75.0 cm³/mol. The lowest BCUT2D eigenvalue weighted by Crippen LogP contribution is -2.38. The van der Waals surface area contributed by atoms with E-state index in [2.05, 4.69) is 5.32 Å². The van der Waals surface area contributed by atoms with Gasteiger partial charge >= 0.3 is 17.8 Å². The summed E-state index contributed by atoms with van der Waals surface area (Å²) < 4.78 is 0. The second-order valence-corrected chi connectivity index (χ2v) is 5.12. The number of nitrogens with zero attached hydrogens (tertiary/aromatic N) is 2. The maximum atomic E-state index is 11.8. The van der Waals surface area contributed by atoms with Crippen LogP contribution in [-0.4, -0.2) is 47.1 Å². The molecule has 0 aliphatic carbocycles. The predicted octanol–water partition coefficient (Wildman–Crippen LogP) is 1.35. The van der Waals surface area contributed by atoms with E-state index >= 15 is 0 Å². The fourth-order valence-corrected chi connectivity index (χ4v) is 2.25. The molecule has 0 atom stereocenters. The normalized spacial score (nSPS) is 14.9. The van der Waals surface area contributed by atoms with Crippen LogP contribution in [0.2, 0.25) is 10.0 Å². The molecule has 1 fully saturated rings. The summed E-state index contributed by atoms with van der Waals surface area (Å²) in [5.74, 6) is -2.67. The number of halogens is 2. The number of anilines is 1. The highest BCUT2D eigenvalue weighted by Gasteiger charge is 2.42. The summed E-state index contributed by atoms with van der Waals surface area (Å²) in [5, 5.41) is 3.08. The van der Waals surface area contributed by atoms with Crippen LogP contribution in [0.25, 0.3) is 0 Å². The quantitative estimate of drug-likeness (QED) is 0.669. The van der Waals surface area contributed by atoms with E-state index in [1.807, 2.05) is 0 Å². The Kier molecular flexibility index (Phi) is 4.15. The molecular formula is C12H9Cl2N3O4. The molecule has 0 radical (unpaired) electrons. The van der Waals surface area contributed by atoms with Gasteiger partial charge in [-0.2, -0.15) is 0 Å². The standard InChI is InChI=1S/C12H9Cl2N3O4/c1-16-10(19)11(20)17(12(16)21)5-9(18)15-8-3-6(13)2-7(14)4-8/h2-4H,5H2,1H3,(H,15,18). The average Bonchev–Trinajstić information content (AvgIpc) is 2.55. The lowest BCUT2D eigenvalue weighted by molar-refractivity contribution is -0.143. The van der Waals surface area contributed by atoms with Crippen LogP contribution in [0.1, 0.15) is 0 Å². The molecule has 110 valence electrons. The monoisotopic (exact) mass is 329 g/mol. The molecule has 0 aromatic heterocycles. The minimum absolute atomic E-state index is 0.316. The number of urea groups is 1. The molecule has 0 saturated carbocycles. The smallest absolute Gasteiger partial charge is 0.324 e. The lowest BCUT2D eigenvalue weighted by atomic mass is 10.3. The Bertz CT molecular complexity index is 642. The summed E-state index contributed by atoms with van der Waals surface area (Å²) in [6.07, 6.45) is 0. The summed E-state index contributed by atoms with van der Waals surface area (Å²) in [7, 11) is 1.16. The number of carbonyl (C=O) groups excluding carboxylic acids is 4. The first-order chi connectivity index (χ1) is 9.79. The minimum atomic E-state index is -1.04. The fourth-order valence-electron chi connectivity index (χ4n) is 1.72. The van der Waals surface area contributed by atoms with Gasteiger partial charge in [0.2, 0.25) is 5.91 Å². The summed E-state index contributed by atoms with van der Waals surface area (Å²) >= 11 is 11.6. The number of imide groups is 2. The van der Waals surface area contributed by atoms with Gasteiger partial charge in [-0.25, -0.2) is 9.69 Å². The molecule has 1 heterocycles. The molecule has 1 aromatic rings. The van der Waals surface area contributed by atoms with E-state index in [0.29, 0.717) is 25.5 Å². The second kappa shape index (κ2) is 5.71. The van der Waals surface area contributed by atoms with E-state index in [0.717, 1.165) is 7.05 Å². The van der Waals surface area contributed by atoms with Gasteiger partial charge < -0.3 is 5.32 Å². The van der Waals surface area contributed by atoms with Gasteiger partial charge in [-0.1, -0.05) is 23.2 Å². The Labute approximate surface area is 129 Å². The highest BCUT2D eigenvalue weighted by molar-refractivity contribution is 6.45. The first kappa shape index (κ1) is 15.3. The number of carbonyl (C=O) groups is 4. The largest absolute Gasteiger partial charge is 0.334 e. The van der Waals surface area contributed by atoms with Crippen molar-refractivity contribution in [3.63, 3.8) is 0 Å². The maximum absolute atomic E-state index is 11.8. The van der Waals surface area contributed by atoms with Crippen LogP contribution >= 0.6 is 23.2 Å². The van der Waals surface area contributed by atoms with Gasteiger partial charge in [0.15, 0.2) is 0 Å². The van der Waals surface area contributed by atoms with Crippen molar-refractivity contribution in [1.29, 1.82) is 0 Å². The van der Waals surface area contributed by atoms with Crippen LogP contribution in [0.5, 0.6) is 0 Å². The van der Waals surface area contributed by atoms with Crippen molar-refractivity contribution in [2.24, 2.45) is 0 Å². The molecule has 21 heavy (non-hydrogen) atoms. The Morgan fingerprint density at radius 2 is 1.67 bits per heavy atom. The number of likely N-dealkylation sites (N-methyl/N-ethyl adjacent to an activating group) is 1. The molecular weight excluding hydrogens is 321 g/mol. The van der Waals surface area contributed by atoms with Crippen molar-refractivity contribution in [3.05, 3.63) is 28.2 Å². The van der Waals surface area contributed by atoms with Crippen molar-refractivity contribution in [1.82, 2.24) is 9.80 Å². The molecule has 1 aromatic carbocycles. The molecule has 1 aliphatic heterocycles. The zero-order chi connectivity index (χ0) is 15.7. The highest BCUT2D eigenvalue weighted by atomic mass is 35.5. The summed E-state index contributed by atoms with van der Waals surface area (Å²) in [6.45, 7) is -0.572. The van der Waals surface area contributed by atoms with Crippen LogP contribution in [0.15, 0.2) is 18.2 Å². The van der Waals surface area contributed by atoms with Crippen molar-refractivity contribution >= 4 is 52.6 Å². The number of nitrogens with one attached hydrogen (secondary N) is 1. The number of hydrogen-bond donors (Lipinski definition) is 1. The Hall–Kier alpha value is -2.12. The second-order valence-electron chi connectivity index (χ2n) is 4.24. The summed E-state index contributed by atoms with van der Waals surface area (Å²) in [4.78, 5) is 47.5. The average molecular weight is 330 g/mol. The molecule has 1 aliphatic rings. The van der Waals surface area contributed by atoms with Crippen LogP contribution in [0, 0.1) is 0 Å². The van der Waals surface area contributed by atoms with E-state index in [1.165, 1.54) is 18.2 Å². The summed E-state index contributed by atoms with van der Waals surface area (Å²) in [6, 6.07) is 3.55. The molecule has 2 rings (SSSR count). The van der Waals surface area contributed by atoms with E-state index in [4.69, 9.17) is 23.2 Å². The van der Waals surface area contributed by atoms with E-state index in [9.17, 15) is 19.2 Å². The third-order valence-electron chi connectivity index (χ3n) is 2.70. The molecule has 1 N–H and O–H groups in total. The lowest BCUT2D eigenvalue weighted by Gasteiger charge is -2.13. The molecule has 7 nitrogen and oxygen atoms in total. The highest BCUT2D eigenvalue weighted by Crippen LogP contribution is 2.22. The van der Waals surface area contributed by atoms with Crippen LogP contribution in [-0.2, 0) is 14.4 Å².